The van der Waals surface area contributed by atoms with E-state index in [1.54, 1.807) is 12.1 Å². The minimum Gasteiger partial charge on any atom is -0.201 e. The van der Waals surface area contributed by atoms with Crippen LogP contribution in [0.2, 0.25) is 0 Å². The lowest BCUT2D eigenvalue weighted by molar-refractivity contribution is -0.660. The molecule has 0 aliphatic carbocycles. The number of aryl methyl sites for hydroxylation is 3. The van der Waals surface area contributed by atoms with Gasteiger partial charge in [-0.2, -0.15) is 0 Å². The third-order valence-electron chi connectivity index (χ3n) is 3.45. The van der Waals surface area contributed by atoms with Crippen molar-refractivity contribution in [3.8, 4) is 11.3 Å². The molecule has 2 aromatic rings. The lowest BCUT2D eigenvalue weighted by atomic mass is 9.88. The summed E-state index contributed by atoms with van der Waals surface area (Å²) in [7, 11) is 2.02. The Morgan fingerprint density at radius 1 is 1.15 bits per heavy atom. The van der Waals surface area contributed by atoms with E-state index in [4.69, 9.17) is 4.11 Å². The molecule has 1 nitrogen and oxygen atoms in total. The monoisotopic (exact) mass is 271 g/mol. The SMILES string of the molecule is [2H]C([2H])([2H])c1ccc(-c2cc(CC(C)(C)C)cc[n+]2C)c(C)c1. The lowest BCUT2D eigenvalue weighted by Crippen LogP contribution is -2.31. The van der Waals surface area contributed by atoms with Crippen molar-refractivity contribution in [2.45, 2.75) is 41.0 Å². The minimum absolute atomic E-state index is 0.233. The molecule has 0 saturated heterocycles. The van der Waals surface area contributed by atoms with E-state index in [-0.39, 0.29) is 5.41 Å². The topological polar surface area (TPSA) is 3.88 Å². The quantitative estimate of drug-likeness (QED) is 0.714. The molecule has 0 atom stereocenters. The number of hydrogen-bond donors (Lipinski definition) is 0. The molecule has 1 aromatic heterocycles. The van der Waals surface area contributed by atoms with E-state index in [0.29, 0.717) is 5.56 Å². The third-order valence-corrected chi connectivity index (χ3v) is 3.45. The normalized spacial score (nSPS) is 14.6. The molecule has 0 bridgehead atoms. The second-order valence-corrected chi connectivity index (χ2v) is 6.80. The fraction of sp³-hybridized carbons (Fsp3) is 0.421. The summed E-state index contributed by atoms with van der Waals surface area (Å²) in [5.74, 6) is 0. The van der Waals surface area contributed by atoms with Gasteiger partial charge in [0.1, 0.15) is 7.05 Å². The molecule has 0 spiro atoms. The molecule has 0 aliphatic heterocycles. The smallest absolute Gasteiger partial charge is 0.201 e. The minimum atomic E-state index is -2.06. The Kier molecular flexibility index (Phi) is 2.99. The molecule has 2 rings (SSSR count). The largest absolute Gasteiger partial charge is 0.212 e. The summed E-state index contributed by atoms with van der Waals surface area (Å²) in [6, 6.07) is 9.78. The fourth-order valence-corrected chi connectivity index (χ4v) is 2.55. The highest BCUT2D eigenvalue weighted by Gasteiger charge is 2.17. The maximum absolute atomic E-state index is 7.55. The van der Waals surface area contributed by atoms with Crippen LogP contribution in [-0.2, 0) is 13.5 Å². The molecule has 0 amide bonds. The highest BCUT2D eigenvalue weighted by atomic mass is 14.9. The van der Waals surface area contributed by atoms with E-state index in [0.717, 1.165) is 23.2 Å². The van der Waals surface area contributed by atoms with E-state index in [9.17, 15) is 0 Å². The van der Waals surface area contributed by atoms with Crippen molar-refractivity contribution >= 4 is 0 Å². The van der Waals surface area contributed by atoms with Crippen LogP contribution in [0.4, 0.5) is 0 Å². The molecule has 0 saturated carbocycles. The molecule has 106 valence electrons. The number of nitrogens with zero attached hydrogens (tertiary/aromatic N) is 1. The second-order valence-electron chi connectivity index (χ2n) is 6.80. The van der Waals surface area contributed by atoms with Crippen LogP contribution < -0.4 is 4.57 Å². The number of hydrogen-bond acceptors (Lipinski definition) is 0. The van der Waals surface area contributed by atoms with Crippen LogP contribution in [0.15, 0.2) is 36.5 Å². The van der Waals surface area contributed by atoms with Gasteiger partial charge in [-0.05, 0) is 42.8 Å². The van der Waals surface area contributed by atoms with Gasteiger partial charge < -0.3 is 0 Å². The van der Waals surface area contributed by atoms with Gasteiger partial charge in [-0.1, -0.05) is 38.5 Å². The van der Waals surface area contributed by atoms with Crippen molar-refractivity contribution in [2.75, 3.05) is 0 Å². The van der Waals surface area contributed by atoms with Crippen molar-refractivity contribution in [1.82, 2.24) is 0 Å². The number of rotatable bonds is 2. The van der Waals surface area contributed by atoms with Crippen molar-refractivity contribution in [1.29, 1.82) is 0 Å². The first-order chi connectivity index (χ1) is 10.5. The van der Waals surface area contributed by atoms with Gasteiger partial charge in [-0.3, -0.25) is 0 Å². The molecule has 1 heteroatoms. The summed E-state index contributed by atoms with van der Waals surface area (Å²) < 4.78 is 24.7. The van der Waals surface area contributed by atoms with E-state index in [2.05, 4.69) is 43.7 Å². The van der Waals surface area contributed by atoms with Gasteiger partial charge in [-0.25, -0.2) is 4.57 Å². The molecule has 1 heterocycles. The molecule has 20 heavy (non-hydrogen) atoms. The molecule has 1 aromatic carbocycles. The lowest BCUT2D eigenvalue weighted by Gasteiger charge is -2.18. The third kappa shape index (κ3) is 3.47. The van der Waals surface area contributed by atoms with Crippen molar-refractivity contribution in [2.24, 2.45) is 12.5 Å². The van der Waals surface area contributed by atoms with Gasteiger partial charge in [0, 0.05) is 21.8 Å². The van der Waals surface area contributed by atoms with Crippen LogP contribution in [-0.4, -0.2) is 0 Å². The Morgan fingerprint density at radius 2 is 1.90 bits per heavy atom. The first kappa shape index (κ1) is 11.1. The zero-order valence-electron chi connectivity index (χ0n) is 16.1. The fourth-order valence-electron chi connectivity index (χ4n) is 2.55. The highest BCUT2D eigenvalue weighted by molar-refractivity contribution is 5.62. The summed E-state index contributed by atoms with van der Waals surface area (Å²) >= 11 is 0. The standard InChI is InChI=1S/C19H26N/c1-14-7-8-17(15(2)11-14)18-12-16(9-10-20(18)6)13-19(3,4)5/h7-12H,13H2,1-6H3/q+1/i1D3. The maximum Gasteiger partial charge on any atom is 0.212 e. The predicted molar refractivity (Wildman–Crippen MR) is 85.7 cm³/mol. The second kappa shape index (κ2) is 5.40. The summed E-state index contributed by atoms with van der Waals surface area (Å²) in [6.07, 6.45) is 3.08. The summed E-state index contributed by atoms with van der Waals surface area (Å²) in [5.41, 5.74) is 5.11. The average molecular weight is 271 g/mol. The number of benzene rings is 1. The Balaban J connectivity index is 2.48. The first-order valence-corrected chi connectivity index (χ1v) is 7.07. The van der Waals surface area contributed by atoms with E-state index in [1.807, 2.05) is 20.0 Å². The van der Waals surface area contributed by atoms with Crippen molar-refractivity contribution in [3.63, 3.8) is 0 Å². The molecular weight excluding hydrogens is 242 g/mol. The van der Waals surface area contributed by atoms with Gasteiger partial charge in [0.05, 0.1) is 0 Å². The van der Waals surface area contributed by atoms with Crippen LogP contribution in [0.25, 0.3) is 11.3 Å². The highest BCUT2D eigenvalue weighted by Crippen LogP contribution is 2.25. The van der Waals surface area contributed by atoms with Gasteiger partial charge in [-0.15, -0.1) is 0 Å². The Hall–Kier alpha value is -1.63. The van der Waals surface area contributed by atoms with Crippen LogP contribution >= 0.6 is 0 Å². The van der Waals surface area contributed by atoms with E-state index >= 15 is 0 Å². The van der Waals surface area contributed by atoms with Gasteiger partial charge in [0.25, 0.3) is 0 Å². The molecule has 0 aliphatic rings. The van der Waals surface area contributed by atoms with E-state index in [1.165, 1.54) is 5.56 Å². The zero-order chi connectivity index (χ0) is 17.4. The Bertz CT molecular complexity index is 710. The average Bonchev–Trinajstić information content (AvgIpc) is 2.38. The maximum atomic E-state index is 7.55. The molecule has 0 radical (unpaired) electrons. The molecular formula is C19H26N+. The van der Waals surface area contributed by atoms with Crippen molar-refractivity contribution in [3.05, 3.63) is 53.2 Å². The first-order valence-electron chi connectivity index (χ1n) is 8.57. The van der Waals surface area contributed by atoms with Crippen LogP contribution in [0.3, 0.4) is 0 Å². The van der Waals surface area contributed by atoms with Crippen LogP contribution in [0, 0.1) is 19.2 Å². The molecule has 0 unspecified atom stereocenters. The van der Waals surface area contributed by atoms with Crippen LogP contribution in [0.5, 0.6) is 0 Å². The number of pyridine rings is 1. The summed E-state index contributed by atoms with van der Waals surface area (Å²) in [5, 5.41) is 0. The number of aromatic nitrogens is 1. The molecule has 0 N–H and O–H groups in total. The Morgan fingerprint density at radius 3 is 2.50 bits per heavy atom. The Labute approximate surface area is 127 Å². The summed E-state index contributed by atoms with van der Waals surface area (Å²) in [6.45, 7) is 6.61. The van der Waals surface area contributed by atoms with Crippen molar-refractivity contribution < 1.29 is 8.68 Å². The van der Waals surface area contributed by atoms with E-state index < -0.39 is 6.85 Å². The predicted octanol–water partition coefficient (Wildman–Crippen LogP) is 4.38. The zero-order valence-corrected chi connectivity index (χ0v) is 13.1. The van der Waals surface area contributed by atoms with Gasteiger partial charge >= 0.3 is 0 Å². The molecule has 0 fully saturated rings. The summed E-state index contributed by atoms with van der Waals surface area (Å²) in [4.78, 5) is 0. The van der Waals surface area contributed by atoms with Crippen LogP contribution in [0.1, 0.15) is 41.6 Å². The van der Waals surface area contributed by atoms with Gasteiger partial charge in [0.2, 0.25) is 5.69 Å². The van der Waals surface area contributed by atoms with Gasteiger partial charge in [0.15, 0.2) is 6.20 Å².